The molecule has 1 aromatic heterocycles. The first-order valence-corrected chi connectivity index (χ1v) is 8.83. The van der Waals surface area contributed by atoms with Crippen LogP contribution in [0, 0.1) is 0 Å². The summed E-state index contributed by atoms with van der Waals surface area (Å²) in [5.41, 5.74) is 1.05. The molecule has 0 spiro atoms. The molecule has 0 fully saturated rings. The molecule has 8 heteroatoms. The van der Waals surface area contributed by atoms with Crippen LogP contribution in [0.3, 0.4) is 0 Å². The first-order valence-electron chi connectivity index (χ1n) is 6.94. The molecule has 0 aliphatic carbocycles. The Hall–Kier alpha value is -2.48. The quantitative estimate of drug-likeness (QED) is 0.633. The summed E-state index contributed by atoms with van der Waals surface area (Å²) in [6.45, 7) is 2.26. The van der Waals surface area contributed by atoms with E-state index in [-0.39, 0.29) is 23.1 Å². The minimum absolute atomic E-state index is 0.0928. The Kier molecular flexibility index (Phi) is 5.28. The molecule has 122 valence electrons. The van der Waals surface area contributed by atoms with Crippen LogP contribution in [0.4, 0.5) is 5.82 Å². The average Bonchev–Trinajstić information content (AvgIpc) is 2.53. The number of hydrogen-bond donors (Lipinski definition) is 1. The van der Waals surface area contributed by atoms with Gasteiger partial charge in [0, 0.05) is 19.0 Å². The molecule has 0 aliphatic heterocycles. The van der Waals surface area contributed by atoms with E-state index in [1.54, 1.807) is 6.92 Å². The maximum atomic E-state index is 11.9. The smallest absolute Gasteiger partial charge is 0.343 e. The Morgan fingerprint density at radius 2 is 1.96 bits per heavy atom. The minimum atomic E-state index is -3.58. The Bertz CT molecular complexity index is 792. The maximum Gasteiger partial charge on any atom is 0.343 e. The van der Waals surface area contributed by atoms with Crippen LogP contribution in [0.2, 0.25) is 0 Å². The average molecular weight is 335 g/mol. The summed E-state index contributed by atoms with van der Waals surface area (Å²) < 4.78 is 28.1. The van der Waals surface area contributed by atoms with Crippen molar-refractivity contribution in [3.8, 4) is 0 Å². The van der Waals surface area contributed by atoms with Gasteiger partial charge in [-0.1, -0.05) is 30.3 Å². The molecular weight excluding hydrogens is 318 g/mol. The summed E-state index contributed by atoms with van der Waals surface area (Å²) in [4.78, 5) is 19.6. The molecular formula is C15H17N3O4S. The number of carbonyl (C=O) groups is 1. The van der Waals surface area contributed by atoms with Gasteiger partial charge in [0.15, 0.2) is 0 Å². The fraction of sp³-hybridized carbons (Fsp3) is 0.267. The summed E-state index contributed by atoms with van der Waals surface area (Å²) in [7, 11) is -3.58. The number of ether oxygens (including phenoxy) is 1. The number of aromatic nitrogens is 2. The third-order valence-electron chi connectivity index (χ3n) is 2.90. The molecule has 1 heterocycles. The second kappa shape index (κ2) is 7.19. The highest BCUT2D eigenvalue weighted by molar-refractivity contribution is 7.90. The van der Waals surface area contributed by atoms with E-state index in [1.807, 2.05) is 30.3 Å². The van der Waals surface area contributed by atoms with Crippen molar-refractivity contribution in [1.29, 1.82) is 0 Å². The Balaban J connectivity index is 2.34. The van der Waals surface area contributed by atoms with Crippen molar-refractivity contribution in [3.05, 3.63) is 47.7 Å². The maximum absolute atomic E-state index is 11.9. The zero-order chi connectivity index (χ0) is 16.9. The van der Waals surface area contributed by atoms with E-state index in [2.05, 4.69) is 15.3 Å². The molecule has 0 atom stereocenters. The third kappa shape index (κ3) is 4.49. The highest BCUT2D eigenvalue weighted by Crippen LogP contribution is 2.16. The minimum Gasteiger partial charge on any atom is -0.462 e. The van der Waals surface area contributed by atoms with Crippen molar-refractivity contribution in [1.82, 2.24) is 9.97 Å². The summed E-state index contributed by atoms with van der Waals surface area (Å²) in [5.74, 6) is -0.481. The van der Waals surface area contributed by atoms with Crippen molar-refractivity contribution in [3.63, 3.8) is 0 Å². The van der Waals surface area contributed by atoms with Gasteiger partial charge in [-0.15, -0.1) is 0 Å². The first-order chi connectivity index (χ1) is 10.9. The van der Waals surface area contributed by atoms with Crippen LogP contribution in [0.1, 0.15) is 22.8 Å². The monoisotopic (exact) mass is 335 g/mol. The molecule has 2 aromatic rings. The lowest BCUT2D eigenvalue weighted by Gasteiger charge is -2.11. The number of anilines is 1. The third-order valence-corrected chi connectivity index (χ3v) is 3.76. The fourth-order valence-electron chi connectivity index (χ4n) is 1.82. The summed E-state index contributed by atoms with van der Waals surface area (Å²) in [6, 6.07) is 9.45. The lowest BCUT2D eigenvalue weighted by Crippen LogP contribution is -2.15. The van der Waals surface area contributed by atoms with Crippen LogP contribution < -0.4 is 5.32 Å². The van der Waals surface area contributed by atoms with Gasteiger partial charge in [0.1, 0.15) is 11.4 Å². The highest BCUT2D eigenvalue weighted by Gasteiger charge is 2.19. The van der Waals surface area contributed by atoms with E-state index >= 15 is 0 Å². The molecule has 1 N–H and O–H groups in total. The zero-order valence-corrected chi connectivity index (χ0v) is 13.6. The van der Waals surface area contributed by atoms with E-state index < -0.39 is 15.8 Å². The van der Waals surface area contributed by atoms with Crippen molar-refractivity contribution < 1.29 is 17.9 Å². The lowest BCUT2D eigenvalue weighted by atomic mass is 10.2. The molecule has 23 heavy (non-hydrogen) atoms. The van der Waals surface area contributed by atoms with Gasteiger partial charge in [-0.3, -0.25) is 0 Å². The number of nitrogens with zero attached hydrogens (tertiary/aromatic N) is 2. The molecule has 7 nitrogen and oxygen atoms in total. The largest absolute Gasteiger partial charge is 0.462 e. The lowest BCUT2D eigenvalue weighted by molar-refractivity contribution is 0.0526. The van der Waals surface area contributed by atoms with E-state index in [9.17, 15) is 13.2 Å². The van der Waals surface area contributed by atoms with Gasteiger partial charge in [-0.05, 0) is 12.5 Å². The molecule has 0 amide bonds. The second-order valence-electron chi connectivity index (χ2n) is 4.75. The number of nitrogens with one attached hydrogen (secondary N) is 1. The molecule has 0 saturated carbocycles. The zero-order valence-electron chi connectivity index (χ0n) is 12.8. The number of sulfone groups is 1. The standard InChI is InChI=1S/C15H17N3O4S/c1-3-22-14(19)12-10-17-15(23(2,20)21)18-13(12)16-9-11-7-5-4-6-8-11/h4-8,10H,3,9H2,1-2H3,(H,16,17,18). The van der Waals surface area contributed by atoms with Gasteiger partial charge in [0.2, 0.25) is 15.0 Å². The Labute approximate surface area is 134 Å². The van der Waals surface area contributed by atoms with Crippen molar-refractivity contribution in [2.45, 2.75) is 18.6 Å². The van der Waals surface area contributed by atoms with E-state index in [0.29, 0.717) is 6.54 Å². The summed E-state index contributed by atoms with van der Waals surface area (Å²) in [5, 5.41) is 2.62. The molecule has 0 saturated heterocycles. The van der Waals surface area contributed by atoms with Crippen molar-refractivity contribution in [2.75, 3.05) is 18.2 Å². The predicted octanol–water partition coefficient (Wildman–Crippen LogP) is 1.67. The predicted molar refractivity (Wildman–Crippen MR) is 84.9 cm³/mol. The number of carbonyl (C=O) groups excluding carboxylic acids is 1. The number of esters is 1. The number of hydrogen-bond acceptors (Lipinski definition) is 7. The van der Waals surface area contributed by atoms with E-state index in [0.717, 1.165) is 18.0 Å². The molecule has 0 bridgehead atoms. The van der Waals surface area contributed by atoms with Crippen LogP contribution >= 0.6 is 0 Å². The first kappa shape index (κ1) is 16.9. The van der Waals surface area contributed by atoms with Gasteiger partial charge in [0.05, 0.1) is 6.61 Å². The molecule has 0 radical (unpaired) electrons. The SMILES string of the molecule is CCOC(=O)c1cnc(S(C)(=O)=O)nc1NCc1ccccc1. The Morgan fingerprint density at radius 3 is 2.57 bits per heavy atom. The highest BCUT2D eigenvalue weighted by atomic mass is 32.2. The second-order valence-corrected chi connectivity index (χ2v) is 6.66. The van der Waals surface area contributed by atoms with Crippen LogP contribution in [0.25, 0.3) is 0 Å². The molecule has 2 rings (SSSR count). The molecule has 1 aromatic carbocycles. The van der Waals surface area contributed by atoms with Crippen LogP contribution in [-0.4, -0.2) is 37.2 Å². The summed E-state index contributed by atoms with van der Waals surface area (Å²) >= 11 is 0. The van der Waals surface area contributed by atoms with Gasteiger partial charge in [0.25, 0.3) is 0 Å². The normalized spacial score (nSPS) is 11.0. The van der Waals surface area contributed by atoms with Gasteiger partial charge in [-0.2, -0.15) is 0 Å². The van der Waals surface area contributed by atoms with Gasteiger partial charge < -0.3 is 10.1 Å². The molecule has 0 aliphatic rings. The van der Waals surface area contributed by atoms with Crippen molar-refractivity contribution in [2.24, 2.45) is 0 Å². The Morgan fingerprint density at radius 1 is 1.26 bits per heavy atom. The van der Waals surface area contributed by atoms with Gasteiger partial charge in [-0.25, -0.2) is 23.2 Å². The van der Waals surface area contributed by atoms with Crippen LogP contribution in [0.5, 0.6) is 0 Å². The van der Waals surface area contributed by atoms with E-state index in [4.69, 9.17) is 4.74 Å². The molecule has 0 unspecified atom stereocenters. The van der Waals surface area contributed by atoms with Crippen molar-refractivity contribution >= 4 is 21.6 Å². The van der Waals surface area contributed by atoms with Crippen LogP contribution in [0.15, 0.2) is 41.7 Å². The van der Waals surface area contributed by atoms with Crippen LogP contribution in [-0.2, 0) is 21.1 Å². The number of benzene rings is 1. The summed E-state index contributed by atoms with van der Waals surface area (Å²) in [6.07, 6.45) is 2.17. The van der Waals surface area contributed by atoms with Gasteiger partial charge >= 0.3 is 5.97 Å². The van der Waals surface area contributed by atoms with E-state index in [1.165, 1.54) is 0 Å². The topological polar surface area (TPSA) is 98.2 Å². The number of rotatable bonds is 6. The fourth-order valence-corrected chi connectivity index (χ4v) is 2.32.